The zero-order chi connectivity index (χ0) is 18.5. The average molecular weight is 361 g/mol. The van der Waals surface area contributed by atoms with Gasteiger partial charge in [0.15, 0.2) is 0 Å². The first-order chi connectivity index (χ1) is 12.4. The van der Waals surface area contributed by atoms with Crippen molar-refractivity contribution in [2.45, 2.75) is 77.7 Å². The van der Waals surface area contributed by atoms with Crippen LogP contribution in [0.3, 0.4) is 0 Å². The third-order valence-electron chi connectivity index (χ3n) is 9.30. The van der Waals surface area contributed by atoms with Gasteiger partial charge in [-0.3, -0.25) is 4.79 Å². The number of fused-ring (bicyclic) bond motifs is 5. The first-order valence-electron chi connectivity index (χ1n) is 10.8. The number of aliphatic hydroxyl groups excluding tert-OH is 1. The van der Waals surface area contributed by atoms with Crippen LogP contribution in [0.5, 0.6) is 0 Å². The molecule has 8 atom stereocenters. The molecule has 146 valence electrons. The summed E-state index contributed by atoms with van der Waals surface area (Å²) < 4.78 is 5.55. The van der Waals surface area contributed by atoms with E-state index in [1.165, 1.54) is 45.4 Å². The van der Waals surface area contributed by atoms with Crippen molar-refractivity contribution in [3.8, 4) is 0 Å². The van der Waals surface area contributed by atoms with Gasteiger partial charge in [-0.05, 0) is 98.2 Å². The number of carbonyl (C=O) groups is 1. The van der Waals surface area contributed by atoms with E-state index in [0.29, 0.717) is 29.8 Å². The predicted molar refractivity (Wildman–Crippen MR) is 102 cm³/mol. The second-order valence-corrected chi connectivity index (χ2v) is 10.0. The molecular formula is C23H36O3. The number of allylic oxidation sites excluding steroid dienone is 1. The molecule has 0 aliphatic heterocycles. The molecule has 0 amide bonds. The van der Waals surface area contributed by atoms with Gasteiger partial charge < -0.3 is 9.84 Å². The van der Waals surface area contributed by atoms with Crippen molar-refractivity contribution in [2.75, 3.05) is 6.61 Å². The molecule has 0 spiro atoms. The lowest BCUT2D eigenvalue weighted by molar-refractivity contribution is -0.169. The minimum atomic E-state index is -0.157. The van der Waals surface area contributed by atoms with E-state index in [2.05, 4.69) is 19.6 Å². The monoisotopic (exact) mass is 360 g/mol. The number of rotatable bonds is 3. The fraction of sp³-hybridized carbons (Fsp3) is 0.870. The van der Waals surface area contributed by atoms with E-state index >= 15 is 0 Å². The van der Waals surface area contributed by atoms with Crippen LogP contribution in [0.15, 0.2) is 12.7 Å². The van der Waals surface area contributed by atoms with E-state index < -0.39 is 0 Å². The lowest BCUT2D eigenvalue weighted by atomic mass is 9.44. The fourth-order valence-corrected chi connectivity index (χ4v) is 8.09. The summed E-state index contributed by atoms with van der Waals surface area (Å²) in [7, 11) is 0. The van der Waals surface area contributed by atoms with Gasteiger partial charge in [0.05, 0.1) is 0 Å². The van der Waals surface area contributed by atoms with Crippen LogP contribution in [0.2, 0.25) is 0 Å². The van der Waals surface area contributed by atoms with Crippen molar-refractivity contribution < 1.29 is 14.6 Å². The smallest absolute Gasteiger partial charge is 0.302 e. The molecule has 4 rings (SSSR count). The third-order valence-corrected chi connectivity index (χ3v) is 9.30. The summed E-state index contributed by atoms with van der Waals surface area (Å²) in [6, 6.07) is 0. The summed E-state index contributed by atoms with van der Waals surface area (Å²) in [5.41, 5.74) is 0.508. The van der Waals surface area contributed by atoms with E-state index in [-0.39, 0.29) is 17.5 Å². The predicted octanol–water partition coefficient (Wildman–Crippen LogP) is 4.74. The lowest BCUT2D eigenvalue weighted by Crippen LogP contribution is -2.56. The van der Waals surface area contributed by atoms with E-state index in [0.717, 1.165) is 31.1 Å². The molecule has 4 fully saturated rings. The Morgan fingerprint density at radius 3 is 2.65 bits per heavy atom. The largest absolute Gasteiger partial charge is 0.463 e. The highest BCUT2D eigenvalue weighted by Crippen LogP contribution is 2.67. The molecule has 0 radical (unpaired) electrons. The number of ether oxygens (including phenoxy) is 1. The molecule has 0 aromatic heterocycles. The molecule has 4 aliphatic rings. The Morgan fingerprint density at radius 1 is 1.15 bits per heavy atom. The molecule has 0 saturated heterocycles. The quantitative estimate of drug-likeness (QED) is 0.584. The van der Waals surface area contributed by atoms with Gasteiger partial charge in [0, 0.05) is 13.5 Å². The van der Waals surface area contributed by atoms with Gasteiger partial charge in [-0.25, -0.2) is 0 Å². The summed E-state index contributed by atoms with van der Waals surface area (Å²) >= 11 is 0. The fourth-order valence-electron chi connectivity index (χ4n) is 8.09. The van der Waals surface area contributed by atoms with Crippen LogP contribution in [0.25, 0.3) is 0 Å². The van der Waals surface area contributed by atoms with E-state index in [1.807, 2.05) is 0 Å². The van der Waals surface area contributed by atoms with Gasteiger partial charge in [0.25, 0.3) is 0 Å². The number of esters is 1. The Hall–Kier alpha value is -0.830. The summed E-state index contributed by atoms with van der Waals surface area (Å²) in [5.74, 6) is 3.28. The zero-order valence-electron chi connectivity index (χ0n) is 16.6. The first-order valence-corrected chi connectivity index (χ1v) is 10.8. The van der Waals surface area contributed by atoms with E-state index in [1.54, 1.807) is 0 Å². The van der Waals surface area contributed by atoms with Crippen LogP contribution in [0.1, 0.15) is 71.6 Å². The Morgan fingerprint density at radius 2 is 1.96 bits per heavy atom. The van der Waals surface area contributed by atoms with Gasteiger partial charge >= 0.3 is 5.97 Å². The molecule has 0 aromatic carbocycles. The summed E-state index contributed by atoms with van der Waals surface area (Å²) in [6.07, 6.45) is 12.9. The molecular weight excluding hydrogens is 324 g/mol. The molecule has 0 aromatic rings. The maximum atomic E-state index is 11.4. The molecule has 0 heterocycles. The second kappa shape index (κ2) is 6.65. The molecule has 3 heteroatoms. The Labute approximate surface area is 158 Å². The van der Waals surface area contributed by atoms with E-state index in [9.17, 15) is 9.90 Å². The first kappa shape index (κ1) is 18.5. The summed E-state index contributed by atoms with van der Waals surface area (Å²) in [6.45, 7) is 8.48. The SMILES string of the molecule is C=CC1CCC2C3CCC4CC(OC(C)=O)CCC4(CO)C3CCC12C. The lowest BCUT2D eigenvalue weighted by Gasteiger charge is -2.61. The van der Waals surface area contributed by atoms with Crippen molar-refractivity contribution in [2.24, 2.45) is 40.4 Å². The minimum absolute atomic E-state index is 0.0687. The second-order valence-electron chi connectivity index (χ2n) is 10.0. The van der Waals surface area contributed by atoms with Crippen LogP contribution >= 0.6 is 0 Å². The van der Waals surface area contributed by atoms with Crippen molar-refractivity contribution in [1.29, 1.82) is 0 Å². The number of aliphatic hydroxyl groups is 1. The molecule has 1 N–H and O–H groups in total. The molecule has 4 aliphatic carbocycles. The van der Waals surface area contributed by atoms with Crippen LogP contribution < -0.4 is 0 Å². The molecule has 0 bridgehead atoms. The minimum Gasteiger partial charge on any atom is -0.463 e. The molecule has 8 unspecified atom stereocenters. The number of hydrogen-bond donors (Lipinski definition) is 1. The normalized spacial score (nSPS) is 50.3. The van der Waals surface area contributed by atoms with Crippen molar-refractivity contribution >= 4 is 5.97 Å². The van der Waals surface area contributed by atoms with Crippen molar-refractivity contribution in [1.82, 2.24) is 0 Å². The highest BCUT2D eigenvalue weighted by atomic mass is 16.5. The van der Waals surface area contributed by atoms with Gasteiger partial charge in [0.1, 0.15) is 6.10 Å². The maximum Gasteiger partial charge on any atom is 0.302 e. The van der Waals surface area contributed by atoms with Gasteiger partial charge in [-0.15, -0.1) is 6.58 Å². The van der Waals surface area contributed by atoms with E-state index in [4.69, 9.17) is 4.74 Å². The molecule has 26 heavy (non-hydrogen) atoms. The Balaban J connectivity index is 1.57. The van der Waals surface area contributed by atoms with Crippen LogP contribution in [-0.2, 0) is 9.53 Å². The molecule has 4 saturated carbocycles. The Bertz CT molecular complexity index is 572. The summed E-state index contributed by atoms with van der Waals surface area (Å²) in [5, 5.41) is 10.6. The van der Waals surface area contributed by atoms with Gasteiger partial charge in [0.2, 0.25) is 0 Å². The Kier molecular flexibility index (Phi) is 4.74. The van der Waals surface area contributed by atoms with Crippen molar-refractivity contribution in [3.63, 3.8) is 0 Å². The maximum absolute atomic E-state index is 11.4. The van der Waals surface area contributed by atoms with Gasteiger partial charge in [-0.2, -0.15) is 0 Å². The standard InChI is InChI=1S/C23H36O3/c1-4-16-6-8-20-19-7-5-17-13-18(26-15(2)25)9-12-23(17,14-24)21(19)10-11-22(16,20)3/h4,16-21,24H,1,5-14H2,2-3H3. The molecule has 3 nitrogen and oxygen atoms in total. The highest BCUT2D eigenvalue weighted by Gasteiger charge is 2.61. The average Bonchev–Trinajstić information content (AvgIpc) is 2.97. The number of hydrogen-bond acceptors (Lipinski definition) is 3. The topological polar surface area (TPSA) is 46.5 Å². The zero-order valence-corrected chi connectivity index (χ0v) is 16.6. The number of carbonyl (C=O) groups excluding carboxylic acids is 1. The van der Waals surface area contributed by atoms with Crippen LogP contribution in [-0.4, -0.2) is 23.8 Å². The summed E-state index contributed by atoms with van der Waals surface area (Å²) in [4.78, 5) is 11.4. The van der Waals surface area contributed by atoms with Crippen LogP contribution in [0, 0.1) is 40.4 Å². The highest BCUT2D eigenvalue weighted by molar-refractivity contribution is 5.66. The van der Waals surface area contributed by atoms with Crippen LogP contribution in [0.4, 0.5) is 0 Å². The van der Waals surface area contributed by atoms with Crippen molar-refractivity contribution in [3.05, 3.63) is 12.7 Å². The van der Waals surface area contributed by atoms with Gasteiger partial charge in [-0.1, -0.05) is 13.0 Å². The third kappa shape index (κ3) is 2.60.